The Hall–Kier alpha value is -4.20. The molecule has 1 aromatic rings. The quantitative estimate of drug-likeness (QED) is 0.101. The zero-order valence-electron chi connectivity index (χ0n) is 25.0. The fourth-order valence-corrected chi connectivity index (χ4v) is 3.66. The molecule has 14 heteroatoms. The first-order chi connectivity index (χ1) is 20.2. The van der Waals surface area contributed by atoms with Gasteiger partial charge in [0, 0.05) is 13.0 Å². The number of alkyl carbamates (subject to hydrolysis) is 1. The molecule has 0 unspecified atom stereocenters. The van der Waals surface area contributed by atoms with Gasteiger partial charge in [-0.25, -0.2) is 4.79 Å². The van der Waals surface area contributed by atoms with Crippen LogP contribution in [0.1, 0.15) is 58.9 Å². The lowest BCUT2D eigenvalue weighted by Crippen LogP contribution is -2.52. The van der Waals surface area contributed by atoms with Gasteiger partial charge in [0.1, 0.15) is 30.5 Å². The second kappa shape index (κ2) is 19.1. The minimum atomic E-state index is -1.43. The summed E-state index contributed by atoms with van der Waals surface area (Å²) >= 11 is 4.94. The van der Waals surface area contributed by atoms with Crippen molar-refractivity contribution >= 4 is 47.2 Å². The molecule has 0 aliphatic rings. The van der Waals surface area contributed by atoms with E-state index in [-0.39, 0.29) is 31.4 Å². The Labute approximate surface area is 256 Å². The summed E-state index contributed by atoms with van der Waals surface area (Å²) in [6.07, 6.45) is 1.02. The molecule has 0 spiro atoms. The maximum Gasteiger partial charge on any atom is 0.408 e. The standard InChI is InChI=1S/C29H41N3O10S/c1-6-15-41-25(36)19-32(18-20-11-13-21(14-12-20)40-16-9-8-10-24(34)35)26(37)22(30-27(38)42-29(3,4)5)17-23(33)31-28(43)39-7-2/h6,11-14,22H,1,7-10,15-19H2,2-5H3,(H,30,38)(H,34,35)(H,31,33,43)/t22-/m0/s1. The topological polar surface area (TPSA) is 170 Å². The summed E-state index contributed by atoms with van der Waals surface area (Å²) in [6.45, 7) is 10.0. The highest BCUT2D eigenvalue weighted by Crippen LogP contribution is 2.16. The largest absolute Gasteiger partial charge is 0.494 e. The van der Waals surface area contributed by atoms with E-state index in [2.05, 4.69) is 17.2 Å². The van der Waals surface area contributed by atoms with Gasteiger partial charge in [0.25, 0.3) is 5.17 Å². The van der Waals surface area contributed by atoms with Crippen LogP contribution in [0.3, 0.4) is 0 Å². The summed E-state index contributed by atoms with van der Waals surface area (Å²) in [6, 6.07) is 5.28. The number of hydrogen-bond donors (Lipinski definition) is 3. The zero-order valence-corrected chi connectivity index (χ0v) is 25.8. The molecule has 0 aliphatic heterocycles. The van der Waals surface area contributed by atoms with Crippen molar-refractivity contribution in [3.63, 3.8) is 0 Å². The third kappa shape index (κ3) is 16.7. The van der Waals surface area contributed by atoms with E-state index >= 15 is 0 Å². The molecule has 13 nitrogen and oxygen atoms in total. The Bertz CT molecular complexity index is 1120. The van der Waals surface area contributed by atoms with Crippen LogP contribution in [0.4, 0.5) is 4.79 Å². The number of benzene rings is 1. The van der Waals surface area contributed by atoms with Gasteiger partial charge in [-0.05, 0) is 70.5 Å². The Balaban J connectivity index is 3.14. The molecule has 0 saturated heterocycles. The molecule has 3 amide bonds. The van der Waals surface area contributed by atoms with Gasteiger partial charge in [0.15, 0.2) is 0 Å². The molecule has 1 rings (SSSR count). The molecule has 0 heterocycles. The van der Waals surface area contributed by atoms with Gasteiger partial charge in [0.2, 0.25) is 11.8 Å². The highest BCUT2D eigenvalue weighted by molar-refractivity contribution is 7.80. The fraction of sp³-hybridized carbons (Fsp3) is 0.517. The van der Waals surface area contributed by atoms with Crippen LogP contribution in [0, 0.1) is 0 Å². The molecule has 0 aliphatic carbocycles. The van der Waals surface area contributed by atoms with Crippen molar-refractivity contribution in [3.8, 4) is 5.75 Å². The molecule has 0 radical (unpaired) electrons. The minimum Gasteiger partial charge on any atom is -0.494 e. The Kier molecular flexibility index (Phi) is 16.3. The van der Waals surface area contributed by atoms with Crippen LogP contribution in [0.5, 0.6) is 5.75 Å². The first kappa shape index (κ1) is 36.8. The van der Waals surface area contributed by atoms with Crippen molar-refractivity contribution in [3.05, 3.63) is 42.5 Å². The average molecular weight is 624 g/mol. The number of aliphatic carboxylic acids is 1. The first-order valence-electron chi connectivity index (χ1n) is 13.7. The molecular weight excluding hydrogens is 582 g/mol. The van der Waals surface area contributed by atoms with Crippen molar-refractivity contribution in [2.45, 2.75) is 71.6 Å². The number of nitrogens with one attached hydrogen (secondary N) is 2. The van der Waals surface area contributed by atoms with E-state index in [1.54, 1.807) is 52.0 Å². The van der Waals surface area contributed by atoms with E-state index in [9.17, 15) is 24.0 Å². The number of carboxylic acid groups (broad SMARTS) is 1. The summed E-state index contributed by atoms with van der Waals surface area (Å²) in [7, 11) is 0. The number of carboxylic acids is 1. The second-order valence-corrected chi connectivity index (χ2v) is 10.6. The third-order valence-corrected chi connectivity index (χ3v) is 5.46. The van der Waals surface area contributed by atoms with Crippen molar-refractivity contribution in [1.82, 2.24) is 15.5 Å². The first-order valence-corrected chi connectivity index (χ1v) is 14.1. The highest BCUT2D eigenvalue weighted by atomic mass is 32.1. The van der Waals surface area contributed by atoms with Crippen LogP contribution in [-0.4, -0.2) is 83.0 Å². The summed E-state index contributed by atoms with van der Waals surface area (Å²) in [5.41, 5.74) is -0.272. The van der Waals surface area contributed by atoms with E-state index in [0.29, 0.717) is 30.8 Å². The van der Waals surface area contributed by atoms with E-state index in [1.165, 1.54) is 6.08 Å². The minimum absolute atomic E-state index is 0.0615. The van der Waals surface area contributed by atoms with Gasteiger partial charge in [0.05, 0.1) is 19.6 Å². The molecule has 1 aromatic carbocycles. The Morgan fingerprint density at radius 3 is 2.35 bits per heavy atom. The van der Waals surface area contributed by atoms with Crippen molar-refractivity contribution < 1.29 is 48.0 Å². The van der Waals surface area contributed by atoms with Gasteiger partial charge in [-0.3, -0.25) is 24.5 Å². The number of esters is 1. The summed E-state index contributed by atoms with van der Waals surface area (Å²) < 4.78 is 21.0. The number of rotatable bonds is 17. The maximum atomic E-state index is 13.7. The van der Waals surface area contributed by atoms with Crippen LogP contribution >= 0.6 is 12.2 Å². The van der Waals surface area contributed by atoms with E-state index in [4.69, 9.17) is 36.3 Å². The van der Waals surface area contributed by atoms with E-state index in [1.807, 2.05) is 0 Å². The molecule has 238 valence electrons. The lowest BCUT2D eigenvalue weighted by atomic mass is 10.1. The smallest absolute Gasteiger partial charge is 0.408 e. The SMILES string of the molecule is C=CCOC(=O)CN(Cc1ccc(OCCCCC(=O)O)cc1)C(=O)[C@H](CC(=O)NC(=S)OCC)NC(=O)OC(C)(C)C. The van der Waals surface area contributed by atoms with Crippen LogP contribution in [-0.2, 0) is 39.9 Å². The van der Waals surface area contributed by atoms with Gasteiger partial charge >= 0.3 is 18.0 Å². The Morgan fingerprint density at radius 2 is 1.77 bits per heavy atom. The number of nitrogens with zero attached hydrogens (tertiary/aromatic N) is 1. The van der Waals surface area contributed by atoms with Crippen LogP contribution in [0.2, 0.25) is 0 Å². The molecule has 3 N–H and O–H groups in total. The molecule has 43 heavy (non-hydrogen) atoms. The summed E-state index contributed by atoms with van der Waals surface area (Å²) in [4.78, 5) is 63.3. The van der Waals surface area contributed by atoms with E-state index < -0.39 is 54.5 Å². The molecule has 0 aromatic heterocycles. The lowest BCUT2D eigenvalue weighted by molar-refractivity contribution is -0.149. The number of thiocarbonyl (C=S) groups is 1. The highest BCUT2D eigenvalue weighted by Gasteiger charge is 2.32. The van der Waals surface area contributed by atoms with Gasteiger partial charge < -0.3 is 34.3 Å². The van der Waals surface area contributed by atoms with Crippen molar-refractivity contribution in [1.29, 1.82) is 0 Å². The number of carbonyl (C=O) groups is 5. The van der Waals surface area contributed by atoms with Crippen molar-refractivity contribution in [2.24, 2.45) is 0 Å². The number of carbonyl (C=O) groups excluding carboxylic acids is 4. The maximum absolute atomic E-state index is 13.7. The fourth-order valence-electron chi connectivity index (χ4n) is 3.43. The molecule has 0 bridgehead atoms. The molecular formula is C29H41N3O10S. The van der Waals surface area contributed by atoms with Gasteiger partial charge in [-0.2, -0.15) is 0 Å². The number of unbranched alkanes of at least 4 members (excludes halogenated alkanes) is 1. The van der Waals surface area contributed by atoms with E-state index in [0.717, 1.165) is 4.90 Å². The third-order valence-electron chi connectivity index (χ3n) is 5.24. The summed E-state index contributed by atoms with van der Waals surface area (Å²) in [5.74, 6) is -2.51. The Morgan fingerprint density at radius 1 is 1.09 bits per heavy atom. The lowest BCUT2D eigenvalue weighted by Gasteiger charge is -2.28. The van der Waals surface area contributed by atoms with Crippen molar-refractivity contribution in [2.75, 3.05) is 26.4 Å². The van der Waals surface area contributed by atoms with Crippen LogP contribution < -0.4 is 15.4 Å². The predicted molar refractivity (Wildman–Crippen MR) is 160 cm³/mol. The number of hydrogen-bond acceptors (Lipinski definition) is 10. The van der Waals surface area contributed by atoms with Crippen LogP contribution in [0.15, 0.2) is 36.9 Å². The van der Waals surface area contributed by atoms with Crippen LogP contribution in [0.25, 0.3) is 0 Å². The number of ether oxygens (including phenoxy) is 4. The predicted octanol–water partition coefficient (Wildman–Crippen LogP) is 3.10. The monoisotopic (exact) mass is 623 g/mol. The zero-order chi connectivity index (χ0) is 32.4. The second-order valence-electron chi connectivity index (χ2n) is 10.2. The normalized spacial score (nSPS) is 11.3. The van der Waals surface area contributed by atoms with Gasteiger partial charge in [-0.15, -0.1) is 0 Å². The molecule has 0 saturated carbocycles. The average Bonchev–Trinajstić information content (AvgIpc) is 2.90. The molecule has 0 fully saturated rings. The summed E-state index contributed by atoms with van der Waals surface area (Å²) in [5, 5.41) is 13.3. The van der Waals surface area contributed by atoms with Gasteiger partial charge in [-0.1, -0.05) is 24.8 Å². The molecule has 1 atom stereocenters. The number of amides is 3.